The zero-order valence-corrected chi connectivity index (χ0v) is 15.5. The van der Waals surface area contributed by atoms with E-state index in [0.717, 1.165) is 27.8 Å². The Morgan fingerprint density at radius 3 is 2.88 bits per heavy atom. The highest BCUT2D eigenvalue weighted by Gasteiger charge is 2.18. The van der Waals surface area contributed by atoms with Crippen molar-refractivity contribution in [1.82, 2.24) is 0 Å². The van der Waals surface area contributed by atoms with Crippen molar-refractivity contribution >= 4 is 27.4 Å². The molecule has 1 N–H and O–H groups in total. The molecule has 0 bridgehead atoms. The molecule has 0 spiro atoms. The van der Waals surface area contributed by atoms with Gasteiger partial charge in [-0.05, 0) is 72.9 Å². The van der Waals surface area contributed by atoms with Crippen molar-refractivity contribution in [3.8, 4) is 5.75 Å². The van der Waals surface area contributed by atoms with Crippen molar-refractivity contribution in [2.75, 3.05) is 6.61 Å². The molecule has 0 saturated heterocycles. The Balaban J connectivity index is 1.78. The van der Waals surface area contributed by atoms with Crippen LogP contribution in [0.25, 0.3) is 10.1 Å². The molecule has 3 rings (SSSR count). The van der Waals surface area contributed by atoms with E-state index in [9.17, 15) is 9.90 Å². The summed E-state index contributed by atoms with van der Waals surface area (Å²) in [5.41, 5.74) is 4.64. The monoisotopic (exact) mass is 354 g/mol. The molecule has 0 fully saturated rings. The maximum absolute atomic E-state index is 11.2. The lowest BCUT2D eigenvalue weighted by Crippen LogP contribution is -2.06. The summed E-state index contributed by atoms with van der Waals surface area (Å²) < 4.78 is 7.04. The van der Waals surface area contributed by atoms with Crippen molar-refractivity contribution in [3.05, 3.63) is 64.1 Å². The van der Waals surface area contributed by atoms with Crippen molar-refractivity contribution < 1.29 is 14.6 Å². The van der Waals surface area contributed by atoms with Crippen LogP contribution in [0.4, 0.5) is 0 Å². The third kappa shape index (κ3) is 3.85. The van der Waals surface area contributed by atoms with E-state index in [2.05, 4.69) is 32.1 Å². The molecule has 3 nitrogen and oxygen atoms in total. The minimum absolute atomic E-state index is 0.500. The van der Waals surface area contributed by atoms with Crippen molar-refractivity contribution in [3.63, 3.8) is 0 Å². The third-order valence-corrected chi connectivity index (χ3v) is 5.58. The number of carboxylic acid groups (broad SMARTS) is 1. The summed E-state index contributed by atoms with van der Waals surface area (Å²) in [5, 5.41) is 12.2. The zero-order chi connectivity index (χ0) is 18.0. The molecule has 1 aromatic heterocycles. The number of thiophene rings is 1. The van der Waals surface area contributed by atoms with E-state index in [-0.39, 0.29) is 0 Å². The first-order valence-electron chi connectivity index (χ1n) is 8.36. The molecule has 1 aliphatic rings. The fourth-order valence-electron chi connectivity index (χ4n) is 2.80. The predicted molar refractivity (Wildman–Crippen MR) is 104 cm³/mol. The average Bonchev–Trinajstić information content (AvgIpc) is 2.94. The molecule has 130 valence electrons. The minimum Gasteiger partial charge on any atom is -0.489 e. The molecule has 2 aromatic rings. The molecule has 1 aliphatic carbocycles. The van der Waals surface area contributed by atoms with Crippen LogP contribution in [0.15, 0.2) is 58.5 Å². The number of aliphatic carboxylic acids is 1. The Bertz CT molecular complexity index is 899. The molecule has 4 heteroatoms. The molecule has 0 amide bonds. The van der Waals surface area contributed by atoms with Crippen LogP contribution in [0.5, 0.6) is 5.75 Å². The van der Waals surface area contributed by atoms with Crippen LogP contribution in [-0.2, 0) is 4.79 Å². The number of rotatable bonds is 5. The van der Waals surface area contributed by atoms with Gasteiger partial charge in [-0.25, -0.2) is 0 Å². The van der Waals surface area contributed by atoms with Gasteiger partial charge in [0.1, 0.15) is 12.4 Å². The Hall–Kier alpha value is -2.33. The standard InChI is InChI=1S/C21H22O3S/c1-13-4-6-14(2)16(7-5-13)11-24-17-8-9-18-19(15(3)21(22)23)12-25-20(18)10-17/h5-10,12,15H,4,11H2,1-3H3,(H,22,23). The van der Waals surface area contributed by atoms with Crippen LogP contribution >= 0.6 is 11.3 Å². The van der Waals surface area contributed by atoms with E-state index in [1.165, 1.54) is 16.7 Å². The smallest absolute Gasteiger partial charge is 0.310 e. The van der Waals surface area contributed by atoms with Gasteiger partial charge in [0.05, 0.1) is 5.92 Å². The Morgan fingerprint density at radius 2 is 2.12 bits per heavy atom. The Morgan fingerprint density at radius 1 is 1.32 bits per heavy atom. The van der Waals surface area contributed by atoms with E-state index in [1.807, 2.05) is 23.6 Å². The second-order valence-electron chi connectivity index (χ2n) is 6.49. The van der Waals surface area contributed by atoms with E-state index >= 15 is 0 Å². The number of carbonyl (C=O) groups is 1. The maximum Gasteiger partial charge on any atom is 0.310 e. The van der Waals surface area contributed by atoms with Crippen LogP contribution in [0.2, 0.25) is 0 Å². The molecule has 1 unspecified atom stereocenters. The SMILES string of the molecule is CC1=CC=C(COc2ccc3c(C(C)C(=O)O)csc3c2)C(C)=CC1. The van der Waals surface area contributed by atoms with E-state index in [0.29, 0.717) is 6.61 Å². The highest BCUT2D eigenvalue weighted by Crippen LogP contribution is 2.34. The molecule has 1 atom stereocenters. The summed E-state index contributed by atoms with van der Waals surface area (Å²) >= 11 is 1.56. The molecule has 1 aromatic carbocycles. The number of hydrogen-bond donors (Lipinski definition) is 1. The Labute approximate surface area is 151 Å². The molecular formula is C21H22O3S. The lowest BCUT2D eigenvalue weighted by atomic mass is 10.0. The van der Waals surface area contributed by atoms with Gasteiger partial charge in [-0.3, -0.25) is 4.79 Å². The fourth-order valence-corrected chi connectivity index (χ4v) is 3.88. The van der Waals surface area contributed by atoms with Gasteiger partial charge < -0.3 is 9.84 Å². The van der Waals surface area contributed by atoms with Gasteiger partial charge >= 0.3 is 5.97 Å². The number of ether oxygens (including phenoxy) is 1. The second-order valence-corrected chi connectivity index (χ2v) is 7.41. The van der Waals surface area contributed by atoms with Crippen LogP contribution in [-0.4, -0.2) is 17.7 Å². The first-order valence-corrected chi connectivity index (χ1v) is 9.24. The lowest BCUT2D eigenvalue weighted by molar-refractivity contribution is -0.138. The minimum atomic E-state index is -0.800. The van der Waals surface area contributed by atoms with Crippen molar-refractivity contribution in [1.29, 1.82) is 0 Å². The summed E-state index contributed by atoms with van der Waals surface area (Å²) in [5.74, 6) is -0.493. The summed E-state index contributed by atoms with van der Waals surface area (Å²) in [4.78, 5) is 11.2. The van der Waals surface area contributed by atoms with Crippen LogP contribution < -0.4 is 4.74 Å². The molecular weight excluding hydrogens is 332 g/mol. The molecule has 0 saturated carbocycles. The topological polar surface area (TPSA) is 46.5 Å². The fraction of sp³-hybridized carbons (Fsp3) is 0.286. The van der Waals surface area contributed by atoms with Gasteiger partial charge in [-0.2, -0.15) is 0 Å². The van der Waals surface area contributed by atoms with E-state index < -0.39 is 11.9 Å². The van der Waals surface area contributed by atoms with Gasteiger partial charge in [0.2, 0.25) is 0 Å². The number of carboxylic acids is 1. The summed E-state index contributed by atoms with van der Waals surface area (Å²) in [6.45, 7) is 6.49. The second kappa shape index (κ2) is 7.28. The maximum atomic E-state index is 11.2. The Kier molecular flexibility index (Phi) is 5.09. The highest BCUT2D eigenvalue weighted by atomic mass is 32.1. The zero-order valence-electron chi connectivity index (χ0n) is 14.7. The van der Waals surface area contributed by atoms with E-state index in [4.69, 9.17) is 4.74 Å². The first-order chi connectivity index (χ1) is 12.0. The number of allylic oxidation sites excluding steroid dienone is 4. The average molecular weight is 354 g/mol. The number of fused-ring (bicyclic) bond motifs is 1. The molecule has 0 aliphatic heterocycles. The highest BCUT2D eigenvalue weighted by molar-refractivity contribution is 7.17. The largest absolute Gasteiger partial charge is 0.489 e. The summed E-state index contributed by atoms with van der Waals surface area (Å²) in [6.07, 6.45) is 7.49. The van der Waals surface area contributed by atoms with Crippen LogP contribution in [0.1, 0.15) is 38.7 Å². The van der Waals surface area contributed by atoms with Gasteiger partial charge in [0.15, 0.2) is 0 Å². The number of hydrogen-bond acceptors (Lipinski definition) is 3. The van der Waals surface area contributed by atoms with E-state index in [1.54, 1.807) is 18.3 Å². The van der Waals surface area contributed by atoms with Crippen molar-refractivity contribution in [2.45, 2.75) is 33.1 Å². The van der Waals surface area contributed by atoms with Crippen LogP contribution in [0, 0.1) is 0 Å². The van der Waals surface area contributed by atoms with Crippen LogP contribution in [0.3, 0.4) is 0 Å². The first kappa shape index (κ1) is 17.5. The molecule has 1 heterocycles. The molecule has 25 heavy (non-hydrogen) atoms. The quantitative estimate of drug-likeness (QED) is 0.750. The van der Waals surface area contributed by atoms with Gasteiger partial charge in [0.25, 0.3) is 0 Å². The van der Waals surface area contributed by atoms with Gasteiger partial charge in [-0.1, -0.05) is 23.8 Å². The molecule has 0 radical (unpaired) electrons. The van der Waals surface area contributed by atoms with Gasteiger partial charge in [0, 0.05) is 4.70 Å². The predicted octanol–water partition coefficient (Wildman–Crippen LogP) is 5.69. The number of benzene rings is 1. The summed E-state index contributed by atoms with van der Waals surface area (Å²) in [6, 6.07) is 5.88. The third-order valence-electron chi connectivity index (χ3n) is 4.61. The van der Waals surface area contributed by atoms with Gasteiger partial charge in [-0.15, -0.1) is 11.3 Å². The van der Waals surface area contributed by atoms with Crippen molar-refractivity contribution in [2.24, 2.45) is 0 Å². The normalized spacial score (nSPS) is 15.9. The lowest BCUT2D eigenvalue weighted by Gasteiger charge is -2.10. The summed E-state index contributed by atoms with van der Waals surface area (Å²) in [7, 11) is 0.